The van der Waals surface area contributed by atoms with E-state index < -0.39 is 11.7 Å². The van der Waals surface area contributed by atoms with Crippen LogP contribution >= 0.6 is 0 Å². The smallest absolute Gasteiger partial charge is 0.376 e. The Bertz CT molecular complexity index is 747. The predicted octanol–water partition coefficient (Wildman–Crippen LogP) is 3.36. The number of hydrogen-bond acceptors (Lipinski definition) is 3. The van der Waals surface area contributed by atoms with Gasteiger partial charge in [0.15, 0.2) is 0 Å². The minimum absolute atomic E-state index is 0.328. The molecule has 0 aliphatic carbocycles. The maximum absolute atomic E-state index is 12.4. The summed E-state index contributed by atoms with van der Waals surface area (Å²) in [6.45, 7) is 0.328. The molecule has 0 spiro atoms. The monoisotopic (exact) mass is 292 g/mol. The first-order chi connectivity index (χ1) is 10.0. The van der Waals surface area contributed by atoms with Crippen LogP contribution in [0.1, 0.15) is 11.3 Å². The number of nitrogens with zero attached hydrogens (tertiary/aromatic N) is 3. The van der Waals surface area contributed by atoms with E-state index in [1.54, 1.807) is 10.7 Å². The van der Waals surface area contributed by atoms with Crippen LogP contribution in [0.5, 0.6) is 0 Å². The van der Waals surface area contributed by atoms with Gasteiger partial charge in [0.1, 0.15) is 0 Å². The highest BCUT2D eigenvalue weighted by Crippen LogP contribution is 2.28. The molecule has 0 aromatic carbocycles. The quantitative estimate of drug-likeness (QED) is 0.805. The number of fused-ring (bicyclic) bond motifs is 1. The first kappa shape index (κ1) is 13.4. The summed E-state index contributed by atoms with van der Waals surface area (Å²) in [7, 11) is 0. The van der Waals surface area contributed by atoms with Crippen LogP contribution < -0.4 is 5.32 Å². The Morgan fingerprint density at radius 1 is 1.10 bits per heavy atom. The molecule has 1 N–H and O–H groups in total. The van der Waals surface area contributed by atoms with E-state index in [-0.39, 0.29) is 0 Å². The van der Waals surface area contributed by atoms with E-state index in [1.807, 2.05) is 24.4 Å². The minimum atomic E-state index is -4.36. The van der Waals surface area contributed by atoms with Crippen LogP contribution in [0.4, 0.5) is 18.9 Å². The van der Waals surface area contributed by atoms with Crippen LogP contribution in [0.3, 0.4) is 0 Å². The maximum Gasteiger partial charge on any atom is 0.417 e. The average Bonchev–Trinajstić information content (AvgIpc) is 2.88. The summed E-state index contributed by atoms with van der Waals surface area (Å²) in [5, 5.41) is 7.28. The van der Waals surface area contributed by atoms with Crippen molar-refractivity contribution in [2.45, 2.75) is 12.7 Å². The SMILES string of the molecule is FC(F)(F)c1ccc(CNc2cnn3ccccc23)nc1. The second kappa shape index (κ2) is 5.08. The molecule has 4 nitrogen and oxygen atoms in total. The second-order valence-electron chi connectivity index (χ2n) is 4.48. The predicted molar refractivity (Wildman–Crippen MR) is 71.8 cm³/mol. The van der Waals surface area contributed by atoms with Gasteiger partial charge in [-0.25, -0.2) is 4.52 Å². The van der Waals surface area contributed by atoms with Crippen molar-refractivity contribution in [2.24, 2.45) is 0 Å². The molecule has 0 saturated heterocycles. The Balaban J connectivity index is 1.73. The van der Waals surface area contributed by atoms with Gasteiger partial charge >= 0.3 is 6.18 Å². The third-order valence-electron chi connectivity index (χ3n) is 3.04. The highest BCUT2D eigenvalue weighted by Gasteiger charge is 2.30. The summed E-state index contributed by atoms with van der Waals surface area (Å²) in [5.41, 5.74) is 1.47. The molecule has 3 heterocycles. The van der Waals surface area contributed by atoms with E-state index >= 15 is 0 Å². The Labute approximate surface area is 118 Å². The lowest BCUT2D eigenvalue weighted by atomic mass is 10.2. The molecule has 3 aromatic rings. The van der Waals surface area contributed by atoms with Crippen molar-refractivity contribution in [3.05, 3.63) is 60.2 Å². The topological polar surface area (TPSA) is 42.2 Å². The van der Waals surface area contributed by atoms with Gasteiger partial charge in [0.05, 0.1) is 35.2 Å². The molecule has 0 bridgehead atoms. The Morgan fingerprint density at radius 3 is 2.67 bits per heavy atom. The van der Waals surface area contributed by atoms with Crippen molar-refractivity contribution < 1.29 is 13.2 Å². The van der Waals surface area contributed by atoms with E-state index in [4.69, 9.17) is 0 Å². The van der Waals surface area contributed by atoms with Gasteiger partial charge in [-0.05, 0) is 24.3 Å². The van der Waals surface area contributed by atoms with Crippen molar-refractivity contribution in [1.82, 2.24) is 14.6 Å². The van der Waals surface area contributed by atoms with Gasteiger partial charge < -0.3 is 5.32 Å². The molecule has 0 unspecified atom stereocenters. The van der Waals surface area contributed by atoms with Crippen molar-refractivity contribution in [1.29, 1.82) is 0 Å². The molecule has 0 atom stereocenters. The van der Waals surface area contributed by atoms with Crippen LogP contribution in [0.15, 0.2) is 48.9 Å². The van der Waals surface area contributed by atoms with E-state index in [2.05, 4.69) is 15.4 Å². The molecule has 0 saturated carbocycles. The molecule has 0 aliphatic heterocycles. The average molecular weight is 292 g/mol. The Kier molecular flexibility index (Phi) is 3.25. The molecule has 0 radical (unpaired) electrons. The van der Waals surface area contributed by atoms with E-state index in [9.17, 15) is 13.2 Å². The van der Waals surface area contributed by atoms with Crippen LogP contribution in [0.2, 0.25) is 0 Å². The number of pyridine rings is 2. The number of anilines is 1. The van der Waals surface area contributed by atoms with Crippen molar-refractivity contribution in [2.75, 3.05) is 5.32 Å². The highest BCUT2D eigenvalue weighted by atomic mass is 19.4. The molecule has 7 heteroatoms. The zero-order valence-electron chi connectivity index (χ0n) is 10.8. The highest BCUT2D eigenvalue weighted by molar-refractivity contribution is 5.70. The number of nitrogens with one attached hydrogen (secondary N) is 1. The molecule has 108 valence electrons. The van der Waals surface area contributed by atoms with E-state index in [1.165, 1.54) is 6.07 Å². The zero-order chi connectivity index (χ0) is 14.9. The molecule has 3 aromatic heterocycles. The molecule has 0 fully saturated rings. The molecule has 0 aliphatic rings. The van der Waals surface area contributed by atoms with Crippen LogP contribution in [-0.4, -0.2) is 14.6 Å². The summed E-state index contributed by atoms with van der Waals surface area (Å²) in [6, 6.07) is 8.04. The summed E-state index contributed by atoms with van der Waals surface area (Å²) in [5.74, 6) is 0. The lowest BCUT2D eigenvalue weighted by Crippen LogP contribution is -2.07. The maximum atomic E-state index is 12.4. The van der Waals surface area contributed by atoms with E-state index in [0.717, 1.165) is 23.5 Å². The fraction of sp³-hybridized carbons (Fsp3) is 0.143. The van der Waals surface area contributed by atoms with Gasteiger partial charge in [0.2, 0.25) is 0 Å². The standard InChI is InChI=1S/C14H11F3N4/c15-14(16,17)10-4-5-11(18-7-10)8-19-12-9-20-21-6-2-1-3-13(12)21/h1-7,9,19H,8H2. The van der Waals surface area contributed by atoms with Crippen LogP contribution in [0.25, 0.3) is 5.52 Å². The van der Waals surface area contributed by atoms with Gasteiger partial charge in [-0.15, -0.1) is 0 Å². The lowest BCUT2D eigenvalue weighted by Gasteiger charge is -2.07. The normalized spacial score (nSPS) is 11.8. The van der Waals surface area contributed by atoms with Crippen molar-refractivity contribution >= 4 is 11.2 Å². The van der Waals surface area contributed by atoms with Crippen molar-refractivity contribution in [3.63, 3.8) is 0 Å². The Hall–Kier alpha value is -2.57. The van der Waals surface area contributed by atoms with Gasteiger partial charge in [0.25, 0.3) is 0 Å². The number of alkyl halides is 3. The van der Waals surface area contributed by atoms with Gasteiger partial charge in [-0.3, -0.25) is 4.98 Å². The van der Waals surface area contributed by atoms with E-state index in [0.29, 0.717) is 12.2 Å². The lowest BCUT2D eigenvalue weighted by molar-refractivity contribution is -0.137. The summed E-state index contributed by atoms with van der Waals surface area (Å²) in [6.07, 6.45) is -0.0369. The zero-order valence-corrected chi connectivity index (χ0v) is 10.8. The summed E-state index contributed by atoms with van der Waals surface area (Å²) < 4.78 is 39.0. The number of hydrogen-bond donors (Lipinski definition) is 1. The van der Waals surface area contributed by atoms with Crippen LogP contribution in [-0.2, 0) is 12.7 Å². The first-order valence-corrected chi connectivity index (χ1v) is 6.22. The molecular weight excluding hydrogens is 281 g/mol. The molecule has 0 amide bonds. The number of halogens is 3. The first-order valence-electron chi connectivity index (χ1n) is 6.22. The molecular formula is C14H11F3N4. The fourth-order valence-corrected chi connectivity index (χ4v) is 1.95. The third-order valence-corrected chi connectivity index (χ3v) is 3.04. The van der Waals surface area contributed by atoms with Gasteiger partial charge in [-0.2, -0.15) is 18.3 Å². The number of aromatic nitrogens is 3. The van der Waals surface area contributed by atoms with Gasteiger partial charge in [0, 0.05) is 12.4 Å². The molecule has 21 heavy (non-hydrogen) atoms. The largest absolute Gasteiger partial charge is 0.417 e. The number of rotatable bonds is 3. The summed E-state index contributed by atoms with van der Waals surface area (Å²) in [4.78, 5) is 3.81. The third kappa shape index (κ3) is 2.81. The van der Waals surface area contributed by atoms with Gasteiger partial charge in [-0.1, -0.05) is 6.07 Å². The Morgan fingerprint density at radius 2 is 1.95 bits per heavy atom. The fourth-order valence-electron chi connectivity index (χ4n) is 1.95. The molecule has 3 rings (SSSR count). The second-order valence-corrected chi connectivity index (χ2v) is 4.48. The summed E-state index contributed by atoms with van der Waals surface area (Å²) >= 11 is 0. The minimum Gasteiger partial charge on any atom is -0.376 e. The van der Waals surface area contributed by atoms with Crippen molar-refractivity contribution in [3.8, 4) is 0 Å². The van der Waals surface area contributed by atoms with Crippen LogP contribution in [0, 0.1) is 0 Å².